The monoisotopic (exact) mass is 210 g/mol. The molecule has 0 fully saturated rings. The summed E-state index contributed by atoms with van der Waals surface area (Å²) in [7, 11) is 0. The van der Waals surface area contributed by atoms with Crippen LogP contribution in [-0.4, -0.2) is 20.2 Å². The molecule has 78 valence electrons. The molecule has 1 aromatic carbocycles. The molecule has 4 heteroatoms. The zero-order valence-corrected chi connectivity index (χ0v) is 8.56. The number of hydrogen-bond donors (Lipinski definition) is 0. The molecule has 0 unspecified atom stereocenters. The summed E-state index contributed by atoms with van der Waals surface area (Å²) in [5.41, 5.74) is 1.90. The normalized spacial score (nSPS) is 9.25. The summed E-state index contributed by atoms with van der Waals surface area (Å²) in [5, 5.41) is 7.07. The molecule has 0 bridgehead atoms. The molecule has 0 radical (unpaired) electrons. The van der Waals surface area contributed by atoms with Crippen molar-refractivity contribution in [2.24, 2.45) is 0 Å². The van der Waals surface area contributed by atoms with E-state index in [2.05, 4.69) is 20.2 Å². The van der Waals surface area contributed by atoms with E-state index in [4.69, 9.17) is 0 Å². The van der Waals surface area contributed by atoms with E-state index in [1.165, 1.54) is 0 Å². The minimum atomic E-state index is 0.949. The van der Waals surface area contributed by atoms with E-state index in [0.29, 0.717) is 0 Å². The van der Waals surface area contributed by atoms with Gasteiger partial charge in [-0.2, -0.15) is 10.2 Å². The van der Waals surface area contributed by atoms with E-state index in [9.17, 15) is 0 Å². The molecule has 2 heterocycles. The maximum absolute atomic E-state index is 4.12. The van der Waals surface area contributed by atoms with Crippen LogP contribution in [0.25, 0.3) is 11.0 Å². The van der Waals surface area contributed by atoms with Crippen molar-refractivity contribution < 1.29 is 0 Å². The Morgan fingerprint density at radius 2 is 1.06 bits per heavy atom. The number of fused-ring (bicyclic) bond motifs is 1. The zero-order valence-electron chi connectivity index (χ0n) is 8.56. The van der Waals surface area contributed by atoms with Crippen LogP contribution in [0.3, 0.4) is 0 Å². The summed E-state index contributed by atoms with van der Waals surface area (Å²) in [6, 6.07) is 11.5. The van der Waals surface area contributed by atoms with E-state index in [0.717, 1.165) is 11.0 Å². The second kappa shape index (κ2) is 5.50. The van der Waals surface area contributed by atoms with E-state index in [1.807, 2.05) is 36.4 Å². The van der Waals surface area contributed by atoms with Gasteiger partial charge in [0.1, 0.15) is 0 Å². The summed E-state index contributed by atoms with van der Waals surface area (Å²) >= 11 is 0. The first kappa shape index (κ1) is 10.2. The van der Waals surface area contributed by atoms with Gasteiger partial charge in [-0.1, -0.05) is 12.1 Å². The van der Waals surface area contributed by atoms with E-state index >= 15 is 0 Å². The van der Waals surface area contributed by atoms with Gasteiger partial charge >= 0.3 is 0 Å². The molecular weight excluding hydrogens is 200 g/mol. The third kappa shape index (κ3) is 2.81. The molecule has 0 aliphatic rings. The predicted molar refractivity (Wildman–Crippen MR) is 61.6 cm³/mol. The second-order valence-electron chi connectivity index (χ2n) is 2.96. The minimum Gasteiger partial charge on any atom is -0.253 e. The summed E-state index contributed by atoms with van der Waals surface area (Å²) in [5.74, 6) is 0. The van der Waals surface area contributed by atoms with Crippen molar-refractivity contribution in [2.45, 2.75) is 0 Å². The highest BCUT2D eigenvalue weighted by molar-refractivity contribution is 5.72. The largest absolute Gasteiger partial charge is 0.253 e. The smallest absolute Gasteiger partial charge is 0.0886 e. The van der Waals surface area contributed by atoms with Crippen LogP contribution in [-0.2, 0) is 0 Å². The van der Waals surface area contributed by atoms with Gasteiger partial charge < -0.3 is 0 Å². The Hall–Kier alpha value is -2.36. The molecule has 0 saturated carbocycles. The van der Waals surface area contributed by atoms with Crippen LogP contribution in [0.5, 0.6) is 0 Å². The van der Waals surface area contributed by atoms with Crippen molar-refractivity contribution in [1.82, 2.24) is 20.2 Å². The average molecular weight is 210 g/mol. The zero-order chi connectivity index (χ0) is 11.1. The molecule has 0 aliphatic carbocycles. The molecule has 16 heavy (non-hydrogen) atoms. The lowest BCUT2D eigenvalue weighted by molar-refractivity contribution is 1.03. The fourth-order valence-corrected chi connectivity index (χ4v) is 1.16. The highest BCUT2D eigenvalue weighted by Gasteiger charge is 1.88. The standard InChI is InChI=1S/C8H6N2.C4H4N2/c1-2-4-8-7(3-1)9-5-6-10-8;1-2-4-6-5-3-1/h1-6H;1-4H. The Bertz CT molecular complexity index is 447. The van der Waals surface area contributed by atoms with Crippen LogP contribution in [0, 0.1) is 0 Å². The molecule has 0 spiro atoms. The quantitative estimate of drug-likeness (QED) is 0.570. The van der Waals surface area contributed by atoms with Crippen molar-refractivity contribution in [3.63, 3.8) is 0 Å². The summed E-state index contributed by atoms with van der Waals surface area (Å²) in [4.78, 5) is 8.24. The lowest BCUT2D eigenvalue weighted by atomic mass is 10.3. The molecule has 4 nitrogen and oxygen atoms in total. The van der Waals surface area contributed by atoms with Gasteiger partial charge in [-0.15, -0.1) is 0 Å². The van der Waals surface area contributed by atoms with Gasteiger partial charge in [-0.25, -0.2) is 0 Å². The maximum Gasteiger partial charge on any atom is 0.0886 e. The third-order valence-corrected chi connectivity index (χ3v) is 1.86. The second-order valence-corrected chi connectivity index (χ2v) is 2.96. The van der Waals surface area contributed by atoms with Crippen LogP contribution in [0.15, 0.2) is 61.2 Å². The van der Waals surface area contributed by atoms with Gasteiger partial charge in [0.15, 0.2) is 0 Å². The van der Waals surface area contributed by atoms with Crippen LogP contribution >= 0.6 is 0 Å². The van der Waals surface area contributed by atoms with Crippen molar-refractivity contribution in [1.29, 1.82) is 0 Å². The van der Waals surface area contributed by atoms with Gasteiger partial charge in [0.2, 0.25) is 0 Å². The van der Waals surface area contributed by atoms with E-state index in [-0.39, 0.29) is 0 Å². The third-order valence-electron chi connectivity index (χ3n) is 1.86. The van der Waals surface area contributed by atoms with Crippen molar-refractivity contribution in [3.05, 3.63) is 61.2 Å². The summed E-state index contributed by atoms with van der Waals surface area (Å²) in [6.07, 6.45) is 6.67. The summed E-state index contributed by atoms with van der Waals surface area (Å²) < 4.78 is 0. The molecule has 0 amide bonds. The van der Waals surface area contributed by atoms with Crippen molar-refractivity contribution >= 4 is 11.0 Å². The number of hydrogen-bond acceptors (Lipinski definition) is 4. The maximum atomic E-state index is 4.12. The number of para-hydroxylation sites is 2. The molecule has 3 rings (SSSR count). The SMILES string of the molecule is c1ccc2nccnc2c1.c1ccnnc1. The number of benzene rings is 1. The number of nitrogens with zero attached hydrogens (tertiary/aromatic N) is 4. The molecule has 0 N–H and O–H groups in total. The lowest BCUT2D eigenvalue weighted by Gasteiger charge is -1.90. The molecule has 2 aromatic heterocycles. The Labute approximate surface area is 93.0 Å². The Balaban J connectivity index is 0.000000138. The fourth-order valence-electron chi connectivity index (χ4n) is 1.16. The van der Waals surface area contributed by atoms with Gasteiger partial charge in [0.05, 0.1) is 11.0 Å². The van der Waals surface area contributed by atoms with E-state index in [1.54, 1.807) is 24.8 Å². The van der Waals surface area contributed by atoms with Crippen LogP contribution in [0.4, 0.5) is 0 Å². The van der Waals surface area contributed by atoms with Crippen LogP contribution < -0.4 is 0 Å². The highest BCUT2D eigenvalue weighted by atomic mass is 15.1. The molecule has 0 saturated heterocycles. The van der Waals surface area contributed by atoms with Crippen molar-refractivity contribution in [2.75, 3.05) is 0 Å². The topological polar surface area (TPSA) is 51.6 Å². The van der Waals surface area contributed by atoms with Crippen LogP contribution in [0.1, 0.15) is 0 Å². The first-order valence-corrected chi connectivity index (χ1v) is 4.84. The molecule has 3 aromatic rings. The summed E-state index contributed by atoms with van der Waals surface area (Å²) in [6.45, 7) is 0. The molecule has 0 atom stereocenters. The lowest BCUT2D eigenvalue weighted by Crippen LogP contribution is -1.78. The Kier molecular flexibility index (Phi) is 3.50. The first-order valence-electron chi connectivity index (χ1n) is 4.84. The van der Waals surface area contributed by atoms with Crippen molar-refractivity contribution in [3.8, 4) is 0 Å². The average Bonchev–Trinajstić information content (AvgIpc) is 2.42. The Morgan fingerprint density at radius 1 is 0.562 bits per heavy atom. The Morgan fingerprint density at radius 3 is 1.44 bits per heavy atom. The first-order chi connectivity index (χ1) is 7.97. The van der Waals surface area contributed by atoms with Gasteiger partial charge in [-0.3, -0.25) is 9.97 Å². The van der Waals surface area contributed by atoms with Gasteiger partial charge in [0.25, 0.3) is 0 Å². The molecular formula is C12H10N4. The predicted octanol–water partition coefficient (Wildman–Crippen LogP) is 2.11. The van der Waals surface area contributed by atoms with Gasteiger partial charge in [0, 0.05) is 24.8 Å². The highest BCUT2D eigenvalue weighted by Crippen LogP contribution is 2.04. The number of rotatable bonds is 0. The van der Waals surface area contributed by atoms with Gasteiger partial charge in [-0.05, 0) is 24.3 Å². The number of aromatic nitrogens is 4. The van der Waals surface area contributed by atoms with Crippen LogP contribution in [0.2, 0.25) is 0 Å². The fraction of sp³-hybridized carbons (Fsp3) is 0. The van der Waals surface area contributed by atoms with E-state index < -0.39 is 0 Å². The molecule has 0 aliphatic heterocycles. The minimum absolute atomic E-state index is 0.949.